The van der Waals surface area contributed by atoms with E-state index in [4.69, 9.17) is 11.5 Å². The predicted octanol–water partition coefficient (Wildman–Crippen LogP) is 0.0270. The third kappa shape index (κ3) is 3.85. The molecule has 6 nitrogen and oxygen atoms in total. The van der Waals surface area contributed by atoms with Gasteiger partial charge in [0.1, 0.15) is 0 Å². The minimum Gasteiger partial charge on any atom is -0.397 e. The van der Waals surface area contributed by atoms with Gasteiger partial charge in [-0.3, -0.25) is 9.69 Å². The van der Waals surface area contributed by atoms with E-state index >= 15 is 0 Å². The number of carbonyl (C=O) groups excluding carboxylic acids is 1. The summed E-state index contributed by atoms with van der Waals surface area (Å²) in [6, 6.07) is 5.06. The Labute approximate surface area is 119 Å². The molecule has 5 N–H and O–H groups in total. The van der Waals surface area contributed by atoms with Crippen LogP contribution in [0.1, 0.15) is 10.4 Å². The van der Waals surface area contributed by atoms with Crippen LogP contribution in [0, 0.1) is 0 Å². The molecule has 0 aromatic heterocycles. The molecule has 6 heteroatoms. The van der Waals surface area contributed by atoms with E-state index in [0.717, 1.165) is 45.0 Å². The van der Waals surface area contributed by atoms with Gasteiger partial charge in [-0.05, 0) is 25.2 Å². The number of nitrogen functional groups attached to an aromatic ring is 1. The monoisotopic (exact) mass is 277 g/mol. The van der Waals surface area contributed by atoms with Crippen LogP contribution in [0.3, 0.4) is 0 Å². The lowest BCUT2D eigenvalue weighted by Crippen LogP contribution is -2.45. The Kier molecular flexibility index (Phi) is 4.81. The molecule has 20 heavy (non-hydrogen) atoms. The van der Waals surface area contributed by atoms with Crippen LogP contribution in [0.25, 0.3) is 0 Å². The van der Waals surface area contributed by atoms with Crippen molar-refractivity contribution in [3.8, 4) is 0 Å². The number of anilines is 2. The first kappa shape index (κ1) is 14.6. The molecule has 1 aliphatic heterocycles. The van der Waals surface area contributed by atoms with Crippen molar-refractivity contribution in [2.45, 2.75) is 0 Å². The molecule has 1 heterocycles. The smallest absolute Gasteiger partial charge is 0.248 e. The van der Waals surface area contributed by atoms with Gasteiger partial charge in [-0.1, -0.05) is 0 Å². The van der Waals surface area contributed by atoms with E-state index in [0.29, 0.717) is 11.3 Å². The number of hydrogen-bond acceptors (Lipinski definition) is 5. The van der Waals surface area contributed by atoms with Gasteiger partial charge in [-0.15, -0.1) is 0 Å². The van der Waals surface area contributed by atoms with Gasteiger partial charge in [-0.2, -0.15) is 0 Å². The zero-order chi connectivity index (χ0) is 14.5. The van der Waals surface area contributed by atoms with Crippen LogP contribution in [0.5, 0.6) is 0 Å². The van der Waals surface area contributed by atoms with Crippen molar-refractivity contribution in [2.75, 3.05) is 57.4 Å². The molecule has 1 fully saturated rings. The summed E-state index contributed by atoms with van der Waals surface area (Å²) in [4.78, 5) is 15.9. The Bertz CT molecular complexity index is 469. The number of benzene rings is 1. The molecule has 1 saturated heterocycles. The lowest BCUT2D eigenvalue weighted by molar-refractivity contribution is 0.100. The Hall–Kier alpha value is -1.79. The summed E-state index contributed by atoms with van der Waals surface area (Å²) in [5.74, 6) is -0.438. The number of nitrogens with one attached hydrogen (secondary N) is 1. The van der Waals surface area contributed by atoms with Gasteiger partial charge in [0.2, 0.25) is 5.91 Å². The molecule has 0 saturated carbocycles. The summed E-state index contributed by atoms with van der Waals surface area (Å²) in [5.41, 5.74) is 13.0. The third-order valence-electron chi connectivity index (χ3n) is 3.68. The van der Waals surface area contributed by atoms with Gasteiger partial charge in [0.15, 0.2) is 0 Å². The molecular weight excluding hydrogens is 254 g/mol. The number of nitrogens with two attached hydrogens (primary N) is 2. The van der Waals surface area contributed by atoms with E-state index in [1.165, 1.54) is 0 Å². The second-order valence-corrected chi connectivity index (χ2v) is 5.24. The zero-order valence-electron chi connectivity index (χ0n) is 11.9. The topological polar surface area (TPSA) is 87.6 Å². The molecule has 0 aliphatic carbocycles. The fourth-order valence-electron chi connectivity index (χ4n) is 2.28. The van der Waals surface area contributed by atoms with Crippen LogP contribution in [0.15, 0.2) is 18.2 Å². The number of primary amides is 1. The Morgan fingerprint density at radius 2 is 2.00 bits per heavy atom. The number of piperazine rings is 1. The SMILES string of the molecule is CN1CCN(CCNc2cc(C(N)=O)ccc2N)CC1. The van der Waals surface area contributed by atoms with Gasteiger partial charge in [0.25, 0.3) is 0 Å². The highest BCUT2D eigenvalue weighted by molar-refractivity contribution is 5.94. The van der Waals surface area contributed by atoms with E-state index in [2.05, 4.69) is 22.2 Å². The van der Waals surface area contributed by atoms with E-state index in [1.807, 2.05) is 0 Å². The van der Waals surface area contributed by atoms with Gasteiger partial charge >= 0.3 is 0 Å². The molecule has 2 rings (SSSR count). The number of carbonyl (C=O) groups is 1. The number of likely N-dealkylation sites (N-methyl/N-ethyl adjacent to an activating group) is 1. The first-order chi connectivity index (χ1) is 9.56. The third-order valence-corrected chi connectivity index (χ3v) is 3.68. The average Bonchev–Trinajstić information content (AvgIpc) is 2.43. The van der Waals surface area contributed by atoms with Crippen molar-refractivity contribution in [3.63, 3.8) is 0 Å². The normalized spacial score (nSPS) is 17.1. The first-order valence-electron chi connectivity index (χ1n) is 6.90. The summed E-state index contributed by atoms with van der Waals surface area (Å²) >= 11 is 0. The maximum atomic E-state index is 11.2. The molecule has 0 bridgehead atoms. The number of hydrogen-bond donors (Lipinski definition) is 3. The summed E-state index contributed by atoms with van der Waals surface area (Å²) in [6.07, 6.45) is 0. The van der Waals surface area contributed by atoms with E-state index in [9.17, 15) is 4.79 Å². The lowest BCUT2D eigenvalue weighted by Gasteiger charge is -2.32. The zero-order valence-corrected chi connectivity index (χ0v) is 11.9. The molecule has 110 valence electrons. The fraction of sp³-hybridized carbons (Fsp3) is 0.500. The average molecular weight is 277 g/mol. The Morgan fingerprint density at radius 1 is 1.30 bits per heavy atom. The van der Waals surface area contributed by atoms with Crippen LogP contribution in [0.2, 0.25) is 0 Å². The highest BCUT2D eigenvalue weighted by Crippen LogP contribution is 2.19. The largest absolute Gasteiger partial charge is 0.397 e. The van der Waals surface area contributed by atoms with E-state index < -0.39 is 5.91 Å². The van der Waals surface area contributed by atoms with Gasteiger partial charge < -0.3 is 21.7 Å². The minimum atomic E-state index is -0.438. The molecule has 1 aromatic rings. The molecule has 0 radical (unpaired) electrons. The van der Waals surface area contributed by atoms with Crippen LogP contribution in [-0.2, 0) is 0 Å². The van der Waals surface area contributed by atoms with E-state index in [-0.39, 0.29) is 0 Å². The van der Waals surface area contributed by atoms with Crippen molar-refractivity contribution in [2.24, 2.45) is 5.73 Å². The Morgan fingerprint density at radius 3 is 2.65 bits per heavy atom. The number of rotatable bonds is 5. The second-order valence-electron chi connectivity index (χ2n) is 5.24. The van der Waals surface area contributed by atoms with Crippen LogP contribution in [0.4, 0.5) is 11.4 Å². The van der Waals surface area contributed by atoms with Gasteiger partial charge in [0, 0.05) is 44.8 Å². The lowest BCUT2D eigenvalue weighted by atomic mass is 10.1. The fourth-order valence-corrected chi connectivity index (χ4v) is 2.28. The molecular formula is C14H23N5O. The van der Waals surface area contributed by atoms with Crippen molar-refractivity contribution in [1.82, 2.24) is 9.80 Å². The Balaban J connectivity index is 1.84. The molecule has 1 amide bonds. The minimum absolute atomic E-state index is 0.438. The predicted molar refractivity (Wildman–Crippen MR) is 81.8 cm³/mol. The molecule has 0 atom stereocenters. The molecule has 1 aliphatic rings. The quantitative estimate of drug-likeness (QED) is 0.661. The first-order valence-corrected chi connectivity index (χ1v) is 6.90. The summed E-state index contributed by atoms with van der Waals surface area (Å²) in [5, 5.41) is 3.28. The standard InChI is InChI=1S/C14H23N5O/c1-18-6-8-19(9-7-18)5-4-17-13-10-11(14(16)20)2-3-12(13)15/h2-3,10,17H,4-9,15H2,1H3,(H2,16,20). The molecule has 0 spiro atoms. The summed E-state index contributed by atoms with van der Waals surface area (Å²) in [7, 11) is 2.14. The van der Waals surface area contributed by atoms with Gasteiger partial charge in [0.05, 0.1) is 11.4 Å². The maximum absolute atomic E-state index is 11.2. The van der Waals surface area contributed by atoms with Crippen molar-refractivity contribution in [3.05, 3.63) is 23.8 Å². The van der Waals surface area contributed by atoms with Crippen LogP contribution < -0.4 is 16.8 Å². The van der Waals surface area contributed by atoms with E-state index in [1.54, 1.807) is 18.2 Å². The second kappa shape index (κ2) is 6.58. The molecule has 0 unspecified atom stereocenters. The number of amides is 1. The van der Waals surface area contributed by atoms with Crippen LogP contribution >= 0.6 is 0 Å². The number of nitrogens with zero attached hydrogens (tertiary/aromatic N) is 2. The van der Waals surface area contributed by atoms with Crippen LogP contribution in [-0.4, -0.2) is 62.0 Å². The molecule has 1 aromatic carbocycles. The summed E-state index contributed by atoms with van der Waals surface area (Å²) < 4.78 is 0. The van der Waals surface area contributed by atoms with Crippen molar-refractivity contribution < 1.29 is 4.79 Å². The van der Waals surface area contributed by atoms with Crippen molar-refractivity contribution in [1.29, 1.82) is 0 Å². The van der Waals surface area contributed by atoms with Crippen molar-refractivity contribution >= 4 is 17.3 Å². The van der Waals surface area contributed by atoms with Gasteiger partial charge in [-0.25, -0.2) is 0 Å². The summed E-state index contributed by atoms with van der Waals surface area (Å²) in [6.45, 7) is 6.17. The highest BCUT2D eigenvalue weighted by Gasteiger charge is 2.13. The highest BCUT2D eigenvalue weighted by atomic mass is 16.1. The maximum Gasteiger partial charge on any atom is 0.248 e.